The van der Waals surface area contributed by atoms with Crippen molar-refractivity contribution in [3.8, 4) is 11.5 Å². The quantitative estimate of drug-likeness (QED) is 0.744. The summed E-state index contributed by atoms with van der Waals surface area (Å²) in [6, 6.07) is 7.85. The summed E-state index contributed by atoms with van der Waals surface area (Å²) in [5.41, 5.74) is 0. The van der Waals surface area contributed by atoms with Crippen LogP contribution in [0.4, 0.5) is 0 Å². The zero-order valence-corrected chi connectivity index (χ0v) is 11.3. The number of hydrogen-bond acceptors (Lipinski definition) is 3. The molecule has 0 aliphatic carbocycles. The van der Waals surface area contributed by atoms with Crippen molar-refractivity contribution in [3.05, 3.63) is 36.4 Å². The minimum atomic E-state index is -0.681. The van der Waals surface area contributed by atoms with E-state index in [0.717, 1.165) is 31.0 Å². The third-order valence-electron chi connectivity index (χ3n) is 3.24. The Balaban J connectivity index is 2.29. The van der Waals surface area contributed by atoms with Crippen LogP contribution in [0.3, 0.4) is 0 Å². The Kier molecular flexibility index (Phi) is 3.92. The van der Waals surface area contributed by atoms with Gasteiger partial charge in [0.2, 0.25) is 0 Å². The Morgan fingerprint density at radius 2 is 1.67 bits per heavy atom. The van der Waals surface area contributed by atoms with Crippen LogP contribution < -0.4 is 9.47 Å². The number of allylic oxidation sites excluding steroid dienone is 1. The van der Waals surface area contributed by atoms with Gasteiger partial charge in [-0.15, -0.1) is 0 Å². The summed E-state index contributed by atoms with van der Waals surface area (Å²) in [5, 5.41) is 0. The predicted molar refractivity (Wildman–Crippen MR) is 72.8 cm³/mol. The fourth-order valence-corrected chi connectivity index (χ4v) is 2.30. The molecule has 3 nitrogen and oxygen atoms in total. The van der Waals surface area contributed by atoms with E-state index in [-0.39, 0.29) is 0 Å². The van der Waals surface area contributed by atoms with Crippen molar-refractivity contribution < 1.29 is 9.47 Å². The topological polar surface area (TPSA) is 21.7 Å². The Hall–Kier alpha value is -1.48. The summed E-state index contributed by atoms with van der Waals surface area (Å²) in [4.78, 5) is 2.20. The minimum Gasteiger partial charge on any atom is -0.435 e. The molecule has 1 aromatic rings. The average molecular weight is 247 g/mol. The van der Waals surface area contributed by atoms with Crippen LogP contribution in [0.2, 0.25) is 0 Å². The molecule has 0 atom stereocenters. The van der Waals surface area contributed by atoms with Gasteiger partial charge in [-0.1, -0.05) is 38.1 Å². The van der Waals surface area contributed by atoms with E-state index < -0.39 is 5.91 Å². The first-order chi connectivity index (χ1) is 8.75. The van der Waals surface area contributed by atoms with E-state index in [9.17, 15) is 0 Å². The molecule has 1 aliphatic heterocycles. The van der Waals surface area contributed by atoms with Gasteiger partial charge < -0.3 is 9.47 Å². The molecule has 1 aromatic carbocycles. The largest absolute Gasteiger partial charge is 0.435 e. The molecule has 0 fully saturated rings. The van der Waals surface area contributed by atoms with E-state index >= 15 is 0 Å². The predicted octanol–water partition coefficient (Wildman–Crippen LogP) is 3.42. The van der Waals surface area contributed by atoms with Crippen molar-refractivity contribution >= 4 is 0 Å². The van der Waals surface area contributed by atoms with Crippen LogP contribution in [0.15, 0.2) is 36.4 Å². The molecule has 0 bridgehead atoms. The van der Waals surface area contributed by atoms with Crippen LogP contribution in [-0.2, 0) is 0 Å². The van der Waals surface area contributed by atoms with Crippen LogP contribution in [-0.4, -0.2) is 23.9 Å². The van der Waals surface area contributed by atoms with Gasteiger partial charge in [0.1, 0.15) is 0 Å². The second-order valence-corrected chi connectivity index (χ2v) is 4.31. The summed E-state index contributed by atoms with van der Waals surface area (Å²) >= 11 is 0. The Labute approximate surface area is 109 Å². The normalized spacial score (nSPS) is 16.7. The Morgan fingerprint density at radius 3 is 2.11 bits per heavy atom. The zero-order valence-electron chi connectivity index (χ0n) is 11.3. The van der Waals surface area contributed by atoms with Gasteiger partial charge >= 0.3 is 5.91 Å². The minimum absolute atomic E-state index is 0.681. The van der Waals surface area contributed by atoms with Gasteiger partial charge in [-0.25, -0.2) is 4.90 Å². The number of rotatable bonds is 5. The van der Waals surface area contributed by atoms with Crippen molar-refractivity contribution in [1.29, 1.82) is 0 Å². The molecular weight excluding hydrogens is 226 g/mol. The lowest BCUT2D eigenvalue weighted by molar-refractivity contribution is -0.194. The Morgan fingerprint density at radius 1 is 1.11 bits per heavy atom. The van der Waals surface area contributed by atoms with Crippen molar-refractivity contribution in [2.75, 3.05) is 13.1 Å². The highest BCUT2D eigenvalue weighted by Crippen LogP contribution is 2.42. The number of para-hydroxylation sites is 2. The first-order valence-electron chi connectivity index (χ1n) is 6.59. The maximum Gasteiger partial charge on any atom is 0.319 e. The van der Waals surface area contributed by atoms with Crippen molar-refractivity contribution in [1.82, 2.24) is 4.90 Å². The summed E-state index contributed by atoms with van der Waals surface area (Å²) in [6.45, 7) is 8.04. The highest BCUT2D eigenvalue weighted by Gasteiger charge is 2.44. The molecule has 0 aromatic heterocycles. The number of hydrogen-bond donors (Lipinski definition) is 0. The highest BCUT2D eigenvalue weighted by atomic mass is 16.8. The standard InChI is InChI=1S/C15H21NO2/c1-4-7-12-15(16(5-2)6-3)17-13-10-8-9-11-14(13)18-15/h4,7-11H,5-6,12H2,1-3H3. The summed E-state index contributed by atoms with van der Waals surface area (Å²) in [5.74, 6) is 0.975. The van der Waals surface area contributed by atoms with Gasteiger partial charge in [0.25, 0.3) is 0 Å². The van der Waals surface area contributed by atoms with E-state index in [4.69, 9.17) is 9.47 Å². The maximum atomic E-state index is 6.09. The lowest BCUT2D eigenvalue weighted by Gasteiger charge is -2.36. The molecule has 98 valence electrons. The SMILES string of the molecule is CC=CCC1(N(CC)CC)Oc2ccccc2O1. The van der Waals surface area contributed by atoms with Crippen LogP contribution in [0.25, 0.3) is 0 Å². The molecule has 0 N–H and O–H groups in total. The first-order valence-corrected chi connectivity index (χ1v) is 6.59. The molecule has 0 saturated carbocycles. The molecule has 0 spiro atoms. The third-order valence-corrected chi connectivity index (χ3v) is 3.24. The van der Waals surface area contributed by atoms with E-state index in [2.05, 4.69) is 24.8 Å². The zero-order chi connectivity index (χ0) is 13.0. The first kappa shape index (κ1) is 13.0. The van der Waals surface area contributed by atoms with Crippen molar-refractivity contribution in [3.63, 3.8) is 0 Å². The van der Waals surface area contributed by atoms with Crippen LogP contribution in [0, 0.1) is 0 Å². The number of fused-ring (bicyclic) bond motifs is 1. The molecule has 2 rings (SSSR count). The highest BCUT2D eigenvalue weighted by molar-refractivity contribution is 5.42. The molecule has 0 saturated heterocycles. The lowest BCUT2D eigenvalue weighted by Crippen LogP contribution is -2.54. The van der Waals surface area contributed by atoms with Gasteiger partial charge in [0.15, 0.2) is 11.5 Å². The van der Waals surface area contributed by atoms with Crippen molar-refractivity contribution in [2.24, 2.45) is 0 Å². The van der Waals surface area contributed by atoms with Gasteiger partial charge in [-0.3, -0.25) is 0 Å². The molecule has 1 aliphatic rings. The van der Waals surface area contributed by atoms with E-state index in [1.54, 1.807) is 0 Å². The summed E-state index contributed by atoms with van der Waals surface area (Å²) in [6.07, 6.45) is 4.84. The fourth-order valence-electron chi connectivity index (χ4n) is 2.30. The van der Waals surface area contributed by atoms with Gasteiger partial charge in [-0.2, -0.15) is 0 Å². The van der Waals surface area contributed by atoms with Crippen LogP contribution >= 0.6 is 0 Å². The maximum absolute atomic E-state index is 6.09. The monoisotopic (exact) mass is 247 g/mol. The van der Waals surface area contributed by atoms with Crippen molar-refractivity contribution in [2.45, 2.75) is 33.1 Å². The third kappa shape index (κ3) is 2.23. The summed E-state index contributed by atoms with van der Waals surface area (Å²) < 4.78 is 12.2. The molecular formula is C15H21NO2. The Bertz CT molecular complexity index is 399. The van der Waals surface area contributed by atoms with Gasteiger partial charge in [-0.05, 0) is 19.1 Å². The number of ether oxygens (including phenoxy) is 2. The molecule has 18 heavy (non-hydrogen) atoms. The lowest BCUT2D eigenvalue weighted by atomic mass is 10.2. The molecule has 3 heteroatoms. The van der Waals surface area contributed by atoms with Crippen LogP contribution in [0.5, 0.6) is 11.5 Å². The molecule has 0 unspecified atom stereocenters. The molecule has 0 amide bonds. The van der Waals surface area contributed by atoms with Gasteiger partial charge in [0.05, 0.1) is 6.42 Å². The summed E-state index contributed by atoms with van der Waals surface area (Å²) in [7, 11) is 0. The van der Waals surface area contributed by atoms with Crippen LogP contribution in [0.1, 0.15) is 27.2 Å². The van der Waals surface area contributed by atoms with E-state index in [0.29, 0.717) is 0 Å². The molecule has 0 radical (unpaired) electrons. The van der Waals surface area contributed by atoms with E-state index in [1.165, 1.54) is 0 Å². The van der Waals surface area contributed by atoms with Gasteiger partial charge in [0, 0.05) is 13.1 Å². The fraction of sp³-hybridized carbons (Fsp3) is 0.467. The molecule has 1 heterocycles. The second kappa shape index (κ2) is 5.44. The number of benzene rings is 1. The average Bonchev–Trinajstić information content (AvgIpc) is 2.77. The smallest absolute Gasteiger partial charge is 0.319 e. The number of nitrogens with zero attached hydrogens (tertiary/aromatic N) is 1. The van der Waals surface area contributed by atoms with E-state index in [1.807, 2.05) is 37.3 Å². The second-order valence-electron chi connectivity index (χ2n) is 4.31.